The van der Waals surface area contributed by atoms with Gasteiger partial charge in [-0.2, -0.15) is 0 Å². The molecule has 0 spiro atoms. The summed E-state index contributed by atoms with van der Waals surface area (Å²) in [5.74, 6) is 0.369. The first-order valence-electron chi connectivity index (χ1n) is 5.45. The Balaban J connectivity index is 2.60. The van der Waals surface area contributed by atoms with E-state index in [1.54, 1.807) is 0 Å². The standard InChI is InChI=1S/C15H16O/c1-10-5-4-6-13(7-10)14-8-12(3)15(16)9-11(14)2/h4-9,16H,1-3H3. The lowest BCUT2D eigenvalue weighted by molar-refractivity contribution is 0.471. The van der Waals surface area contributed by atoms with Crippen LogP contribution in [0.3, 0.4) is 0 Å². The Morgan fingerprint density at radius 3 is 2.31 bits per heavy atom. The highest BCUT2D eigenvalue weighted by Crippen LogP contribution is 2.29. The van der Waals surface area contributed by atoms with Crippen molar-refractivity contribution in [3.8, 4) is 16.9 Å². The van der Waals surface area contributed by atoms with E-state index in [1.165, 1.54) is 16.7 Å². The molecule has 16 heavy (non-hydrogen) atoms. The molecule has 0 fully saturated rings. The van der Waals surface area contributed by atoms with Gasteiger partial charge in [0.25, 0.3) is 0 Å². The zero-order valence-electron chi connectivity index (χ0n) is 9.91. The van der Waals surface area contributed by atoms with Crippen LogP contribution in [0.15, 0.2) is 36.4 Å². The molecule has 1 N–H and O–H groups in total. The van der Waals surface area contributed by atoms with E-state index >= 15 is 0 Å². The molecule has 0 heterocycles. The quantitative estimate of drug-likeness (QED) is 0.758. The maximum absolute atomic E-state index is 9.63. The summed E-state index contributed by atoms with van der Waals surface area (Å²) in [4.78, 5) is 0. The van der Waals surface area contributed by atoms with Gasteiger partial charge in [0.2, 0.25) is 0 Å². The van der Waals surface area contributed by atoms with Crippen molar-refractivity contribution in [2.45, 2.75) is 20.8 Å². The average molecular weight is 212 g/mol. The van der Waals surface area contributed by atoms with Crippen molar-refractivity contribution < 1.29 is 5.11 Å². The molecular weight excluding hydrogens is 196 g/mol. The Kier molecular flexibility index (Phi) is 2.69. The molecule has 82 valence electrons. The minimum absolute atomic E-state index is 0.369. The van der Waals surface area contributed by atoms with Crippen LogP contribution in [0, 0.1) is 20.8 Å². The molecule has 0 saturated heterocycles. The van der Waals surface area contributed by atoms with E-state index in [0.29, 0.717) is 5.75 Å². The third-order valence-corrected chi connectivity index (χ3v) is 2.87. The van der Waals surface area contributed by atoms with E-state index in [1.807, 2.05) is 26.0 Å². The van der Waals surface area contributed by atoms with Gasteiger partial charge in [-0.3, -0.25) is 0 Å². The van der Waals surface area contributed by atoms with Crippen molar-refractivity contribution in [3.05, 3.63) is 53.1 Å². The van der Waals surface area contributed by atoms with Crippen LogP contribution in [0.4, 0.5) is 0 Å². The summed E-state index contributed by atoms with van der Waals surface area (Å²) in [6.45, 7) is 6.04. The summed E-state index contributed by atoms with van der Waals surface area (Å²) in [6.07, 6.45) is 0. The zero-order chi connectivity index (χ0) is 11.7. The fourth-order valence-corrected chi connectivity index (χ4v) is 1.92. The van der Waals surface area contributed by atoms with Crippen molar-refractivity contribution in [3.63, 3.8) is 0 Å². The first-order valence-corrected chi connectivity index (χ1v) is 5.45. The highest BCUT2D eigenvalue weighted by atomic mass is 16.3. The van der Waals surface area contributed by atoms with E-state index in [-0.39, 0.29) is 0 Å². The minimum atomic E-state index is 0.369. The summed E-state index contributed by atoms with van der Waals surface area (Å²) in [7, 11) is 0. The van der Waals surface area contributed by atoms with Gasteiger partial charge in [0.15, 0.2) is 0 Å². The van der Waals surface area contributed by atoms with Crippen molar-refractivity contribution >= 4 is 0 Å². The highest BCUT2D eigenvalue weighted by molar-refractivity contribution is 5.69. The number of benzene rings is 2. The second-order valence-corrected chi connectivity index (χ2v) is 4.32. The molecule has 2 rings (SSSR count). The Morgan fingerprint density at radius 2 is 1.62 bits per heavy atom. The zero-order valence-corrected chi connectivity index (χ0v) is 9.91. The molecule has 0 aliphatic heterocycles. The maximum atomic E-state index is 9.63. The summed E-state index contributed by atoms with van der Waals surface area (Å²) in [5.41, 5.74) is 5.68. The van der Waals surface area contributed by atoms with Crippen LogP contribution in [0.1, 0.15) is 16.7 Å². The van der Waals surface area contributed by atoms with Gasteiger partial charge in [0.1, 0.15) is 5.75 Å². The third-order valence-electron chi connectivity index (χ3n) is 2.87. The van der Waals surface area contributed by atoms with E-state index in [9.17, 15) is 5.11 Å². The SMILES string of the molecule is Cc1cccc(-c2cc(C)c(O)cc2C)c1. The first kappa shape index (κ1) is 10.7. The summed E-state index contributed by atoms with van der Waals surface area (Å²) in [6, 6.07) is 12.3. The monoisotopic (exact) mass is 212 g/mol. The summed E-state index contributed by atoms with van der Waals surface area (Å²) >= 11 is 0. The van der Waals surface area contributed by atoms with Crippen LogP contribution < -0.4 is 0 Å². The van der Waals surface area contributed by atoms with Gasteiger partial charge >= 0.3 is 0 Å². The van der Waals surface area contributed by atoms with Crippen LogP contribution in [0.5, 0.6) is 5.75 Å². The predicted octanol–water partition coefficient (Wildman–Crippen LogP) is 3.98. The lowest BCUT2D eigenvalue weighted by atomic mass is 9.97. The molecule has 1 heteroatoms. The smallest absolute Gasteiger partial charge is 0.118 e. The number of phenolic OH excluding ortho intramolecular Hbond substituents is 1. The molecule has 0 bridgehead atoms. The number of hydrogen-bond acceptors (Lipinski definition) is 1. The van der Waals surface area contributed by atoms with E-state index < -0.39 is 0 Å². The molecule has 0 radical (unpaired) electrons. The maximum Gasteiger partial charge on any atom is 0.118 e. The Bertz CT molecular complexity index is 527. The molecule has 2 aromatic carbocycles. The molecule has 2 aromatic rings. The molecular formula is C15H16O. The number of aryl methyl sites for hydroxylation is 3. The normalized spacial score (nSPS) is 10.4. The van der Waals surface area contributed by atoms with Gasteiger partial charge < -0.3 is 5.11 Å². The summed E-state index contributed by atoms with van der Waals surface area (Å²) in [5, 5.41) is 9.63. The Morgan fingerprint density at radius 1 is 0.875 bits per heavy atom. The molecule has 1 nitrogen and oxygen atoms in total. The third kappa shape index (κ3) is 1.94. The van der Waals surface area contributed by atoms with Crippen LogP contribution in [-0.2, 0) is 0 Å². The van der Waals surface area contributed by atoms with Gasteiger partial charge in [-0.15, -0.1) is 0 Å². The van der Waals surface area contributed by atoms with E-state index in [0.717, 1.165) is 11.1 Å². The highest BCUT2D eigenvalue weighted by Gasteiger charge is 2.05. The molecule has 0 saturated carbocycles. The minimum Gasteiger partial charge on any atom is -0.508 e. The van der Waals surface area contributed by atoms with E-state index in [2.05, 4.69) is 31.2 Å². The first-order chi connectivity index (χ1) is 7.58. The van der Waals surface area contributed by atoms with Crippen LogP contribution in [-0.4, -0.2) is 5.11 Å². The fraction of sp³-hybridized carbons (Fsp3) is 0.200. The van der Waals surface area contributed by atoms with Gasteiger partial charge in [0.05, 0.1) is 0 Å². The van der Waals surface area contributed by atoms with Crippen LogP contribution in [0.2, 0.25) is 0 Å². The van der Waals surface area contributed by atoms with E-state index in [4.69, 9.17) is 0 Å². The van der Waals surface area contributed by atoms with Crippen molar-refractivity contribution in [1.29, 1.82) is 0 Å². The lowest BCUT2D eigenvalue weighted by Crippen LogP contribution is -1.86. The molecule has 0 amide bonds. The number of hydrogen-bond donors (Lipinski definition) is 1. The molecule has 0 aromatic heterocycles. The van der Waals surface area contributed by atoms with Gasteiger partial charge in [0, 0.05) is 0 Å². The predicted molar refractivity (Wildman–Crippen MR) is 67.8 cm³/mol. The summed E-state index contributed by atoms with van der Waals surface area (Å²) < 4.78 is 0. The van der Waals surface area contributed by atoms with Crippen molar-refractivity contribution in [1.82, 2.24) is 0 Å². The number of rotatable bonds is 1. The van der Waals surface area contributed by atoms with Gasteiger partial charge in [-0.05, 0) is 55.2 Å². The van der Waals surface area contributed by atoms with Gasteiger partial charge in [-0.25, -0.2) is 0 Å². The Labute approximate surface area is 96.4 Å². The fourth-order valence-electron chi connectivity index (χ4n) is 1.92. The topological polar surface area (TPSA) is 20.2 Å². The second-order valence-electron chi connectivity index (χ2n) is 4.32. The second kappa shape index (κ2) is 4.01. The number of phenols is 1. The van der Waals surface area contributed by atoms with Crippen LogP contribution >= 0.6 is 0 Å². The molecule has 0 atom stereocenters. The van der Waals surface area contributed by atoms with Crippen LogP contribution in [0.25, 0.3) is 11.1 Å². The average Bonchev–Trinajstić information content (AvgIpc) is 2.23. The lowest BCUT2D eigenvalue weighted by Gasteiger charge is -2.09. The molecule has 0 unspecified atom stereocenters. The molecule has 0 aliphatic rings. The largest absolute Gasteiger partial charge is 0.508 e. The molecule has 0 aliphatic carbocycles. The Hall–Kier alpha value is -1.76. The van der Waals surface area contributed by atoms with Crippen molar-refractivity contribution in [2.24, 2.45) is 0 Å². The number of aromatic hydroxyl groups is 1. The van der Waals surface area contributed by atoms with Crippen molar-refractivity contribution in [2.75, 3.05) is 0 Å². The van der Waals surface area contributed by atoms with Gasteiger partial charge in [-0.1, -0.05) is 29.8 Å².